The number of amides is 1. The fourth-order valence-electron chi connectivity index (χ4n) is 2.20. The number of ether oxygens (including phenoxy) is 2. The zero-order valence-electron chi connectivity index (χ0n) is 12.8. The Labute approximate surface area is 130 Å². The van der Waals surface area contributed by atoms with Gasteiger partial charge in [-0.25, -0.2) is 8.42 Å². The van der Waals surface area contributed by atoms with E-state index in [0.717, 1.165) is 11.8 Å². The lowest BCUT2D eigenvalue weighted by atomic mass is 10.1. The normalized spacial score (nSPS) is 17.6. The number of hydrogen-bond acceptors (Lipinski definition) is 5. The molecule has 0 saturated heterocycles. The van der Waals surface area contributed by atoms with Crippen molar-refractivity contribution in [2.75, 3.05) is 37.4 Å². The molecule has 1 aliphatic rings. The van der Waals surface area contributed by atoms with Gasteiger partial charge < -0.3 is 14.8 Å². The average molecular weight is 328 g/mol. The van der Waals surface area contributed by atoms with Crippen LogP contribution in [0.5, 0.6) is 5.75 Å². The summed E-state index contributed by atoms with van der Waals surface area (Å²) in [6.07, 6.45) is 0.228. The summed E-state index contributed by atoms with van der Waals surface area (Å²) < 4.78 is 35.7. The van der Waals surface area contributed by atoms with Gasteiger partial charge in [-0.05, 0) is 24.6 Å². The third-order valence-corrected chi connectivity index (χ3v) is 4.43. The molecule has 1 atom stereocenters. The predicted octanol–water partition coefficient (Wildman–Crippen LogP) is 0.285. The van der Waals surface area contributed by atoms with Crippen molar-refractivity contribution in [2.24, 2.45) is 0 Å². The van der Waals surface area contributed by atoms with Crippen LogP contribution in [-0.4, -0.2) is 53.5 Å². The summed E-state index contributed by atoms with van der Waals surface area (Å²) in [4.78, 5) is 12.1. The molecule has 1 amide bonds. The molecule has 1 aromatic carbocycles. The van der Waals surface area contributed by atoms with E-state index in [0.29, 0.717) is 24.6 Å². The average Bonchev–Trinajstić information content (AvgIpc) is 2.45. The van der Waals surface area contributed by atoms with Gasteiger partial charge in [-0.3, -0.25) is 9.10 Å². The van der Waals surface area contributed by atoms with E-state index in [9.17, 15) is 13.2 Å². The number of nitrogens with one attached hydrogen (secondary N) is 1. The maximum atomic E-state index is 12.1. The van der Waals surface area contributed by atoms with Crippen molar-refractivity contribution in [3.8, 4) is 5.75 Å². The van der Waals surface area contributed by atoms with Crippen LogP contribution >= 0.6 is 0 Å². The summed E-state index contributed by atoms with van der Waals surface area (Å²) in [5.74, 6) is 0.0195. The standard InChI is InChI=1S/C14H20N2O5S/c1-10-4-5-12-11(8-10)16(22(3,18)19)9-13(21-12)14(17)15-6-7-20-2/h4-5,8,13H,6-7,9H2,1-3H3,(H,15,17). The second-order valence-electron chi connectivity index (χ2n) is 5.16. The third-order valence-electron chi connectivity index (χ3n) is 3.28. The number of aryl methyl sites for hydroxylation is 1. The number of fused-ring (bicyclic) bond motifs is 1. The molecule has 0 saturated carbocycles. The maximum Gasteiger partial charge on any atom is 0.263 e. The first-order valence-electron chi connectivity index (χ1n) is 6.84. The molecule has 2 rings (SSSR count). The smallest absolute Gasteiger partial charge is 0.263 e. The predicted molar refractivity (Wildman–Crippen MR) is 82.7 cm³/mol. The molecule has 0 bridgehead atoms. The molecule has 1 aromatic rings. The Morgan fingerprint density at radius 1 is 1.50 bits per heavy atom. The minimum Gasteiger partial charge on any atom is -0.476 e. The third kappa shape index (κ3) is 3.69. The van der Waals surface area contributed by atoms with Crippen LogP contribution in [0.4, 0.5) is 5.69 Å². The first kappa shape index (κ1) is 16.6. The van der Waals surface area contributed by atoms with Crippen LogP contribution in [0.3, 0.4) is 0 Å². The van der Waals surface area contributed by atoms with Crippen LogP contribution in [0, 0.1) is 6.92 Å². The largest absolute Gasteiger partial charge is 0.476 e. The first-order valence-corrected chi connectivity index (χ1v) is 8.69. The maximum absolute atomic E-state index is 12.1. The highest BCUT2D eigenvalue weighted by Gasteiger charge is 2.34. The van der Waals surface area contributed by atoms with Crippen molar-refractivity contribution >= 4 is 21.6 Å². The lowest BCUT2D eigenvalue weighted by Crippen LogP contribution is -2.50. The lowest BCUT2D eigenvalue weighted by Gasteiger charge is -2.34. The molecule has 0 spiro atoms. The quantitative estimate of drug-likeness (QED) is 0.785. The van der Waals surface area contributed by atoms with Gasteiger partial charge in [-0.15, -0.1) is 0 Å². The van der Waals surface area contributed by atoms with Crippen LogP contribution in [0.25, 0.3) is 0 Å². The molecule has 0 aromatic heterocycles. The van der Waals surface area contributed by atoms with E-state index >= 15 is 0 Å². The number of rotatable bonds is 5. The summed E-state index contributed by atoms with van der Waals surface area (Å²) in [5.41, 5.74) is 1.38. The second kappa shape index (κ2) is 6.53. The number of nitrogens with zero attached hydrogens (tertiary/aromatic N) is 1. The molecule has 7 nitrogen and oxygen atoms in total. The number of anilines is 1. The van der Waals surface area contributed by atoms with Gasteiger partial charge in [0.1, 0.15) is 5.75 Å². The van der Waals surface area contributed by atoms with Gasteiger partial charge in [0, 0.05) is 13.7 Å². The Bertz CT molecular complexity index is 659. The van der Waals surface area contributed by atoms with Crippen molar-refractivity contribution in [3.05, 3.63) is 23.8 Å². The van der Waals surface area contributed by atoms with E-state index in [4.69, 9.17) is 9.47 Å². The zero-order valence-corrected chi connectivity index (χ0v) is 13.6. The van der Waals surface area contributed by atoms with Crippen molar-refractivity contribution in [2.45, 2.75) is 13.0 Å². The Kier molecular flexibility index (Phi) is 4.92. The van der Waals surface area contributed by atoms with E-state index in [-0.39, 0.29) is 12.5 Å². The molecule has 1 aliphatic heterocycles. The fraction of sp³-hybridized carbons (Fsp3) is 0.500. The Morgan fingerprint density at radius 2 is 2.23 bits per heavy atom. The fourth-order valence-corrected chi connectivity index (χ4v) is 3.11. The number of hydrogen-bond donors (Lipinski definition) is 1. The molecular formula is C14H20N2O5S. The van der Waals surface area contributed by atoms with Gasteiger partial charge in [0.25, 0.3) is 5.91 Å². The summed E-state index contributed by atoms with van der Waals surface area (Å²) in [6, 6.07) is 5.22. The highest BCUT2D eigenvalue weighted by Crippen LogP contribution is 2.35. The van der Waals surface area contributed by atoms with Crippen molar-refractivity contribution in [1.29, 1.82) is 0 Å². The number of carbonyl (C=O) groups excluding carboxylic acids is 1. The van der Waals surface area contributed by atoms with Gasteiger partial charge in [0.15, 0.2) is 6.10 Å². The van der Waals surface area contributed by atoms with Crippen LogP contribution < -0.4 is 14.4 Å². The molecule has 0 aliphatic carbocycles. The first-order chi connectivity index (χ1) is 10.3. The number of carbonyl (C=O) groups is 1. The molecule has 0 radical (unpaired) electrons. The van der Waals surface area contributed by atoms with Crippen LogP contribution in [0.1, 0.15) is 5.56 Å². The van der Waals surface area contributed by atoms with E-state index in [1.165, 1.54) is 11.4 Å². The van der Waals surface area contributed by atoms with Crippen molar-refractivity contribution < 1.29 is 22.7 Å². The highest BCUT2D eigenvalue weighted by molar-refractivity contribution is 7.92. The van der Waals surface area contributed by atoms with E-state index in [1.54, 1.807) is 12.1 Å². The minimum absolute atomic E-state index is 0.0475. The summed E-state index contributed by atoms with van der Waals surface area (Å²) in [6.45, 7) is 2.54. The van der Waals surface area contributed by atoms with E-state index < -0.39 is 16.1 Å². The van der Waals surface area contributed by atoms with Gasteiger partial charge in [0.05, 0.1) is 25.1 Å². The topological polar surface area (TPSA) is 84.9 Å². The van der Waals surface area contributed by atoms with Gasteiger partial charge in [-0.2, -0.15) is 0 Å². The summed E-state index contributed by atoms with van der Waals surface area (Å²) >= 11 is 0. The van der Waals surface area contributed by atoms with Crippen LogP contribution in [-0.2, 0) is 19.6 Å². The Morgan fingerprint density at radius 3 is 2.86 bits per heavy atom. The van der Waals surface area contributed by atoms with Crippen LogP contribution in [0.15, 0.2) is 18.2 Å². The minimum atomic E-state index is -3.50. The Hall–Kier alpha value is -1.80. The summed E-state index contributed by atoms with van der Waals surface area (Å²) in [5, 5.41) is 2.66. The molecule has 8 heteroatoms. The van der Waals surface area contributed by atoms with Crippen molar-refractivity contribution in [1.82, 2.24) is 5.32 Å². The van der Waals surface area contributed by atoms with E-state index in [1.807, 2.05) is 13.0 Å². The SMILES string of the molecule is COCCNC(=O)C1CN(S(C)(=O)=O)c2cc(C)ccc2O1. The lowest BCUT2D eigenvalue weighted by molar-refractivity contribution is -0.127. The van der Waals surface area contributed by atoms with Crippen molar-refractivity contribution in [3.63, 3.8) is 0 Å². The number of benzene rings is 1. The molecule has 1 unspecified atom stereocenters. The van der Waals surface area contributed by atoms with E-state index in [2.05, 4.69) is 5.32 Å². The number of sulfonamides is 1. The highest BCUT2D eigenvalue weighted by atomic mass is 32.2. The van der Waals surface area contributed by atoms with Gasteiger partial charge in [-0.1, -0.05) is 6.07 Å². The monoisotopic (exact) mass is 328 g/mol. The zero-order chi connectivity index (χ0) is 16.3. The second-order valence-corrected chi connectivity index (χ2v) is 7.06. The molecule has 122 valence electrons. The summed E-state index contributed by atoms with van der Waals surface area (Å²) in [7, 11) is -1.96. The van der Waals surface area contributed by atoms with Gasteiger partial charge >= 0.3 is 0 Å². The molecular weight excluding hydrogens is 308 g/mol. The molecule has 1 N–H and O–H groups in total. The molecule has 22 heavy (non-hydrogen) atoms. The van der Waals surface area contributed by atoms with Gasteiger partial charge in [0.2, 0.25) is 10.0 Å². The number of methoxy groups -OCH3 is 1. The Balaban J connectivity index is 2.25. The molecule has 0 fully saturated rings. The van der Waals surface area contributed by atoms with Crippen LogP contribution in [0.2, 0.25) is 0 Å². The molecule has 1 heterocycles.